The van der Waals surface area contributed by atoms with Gasteiger partial charge in [0.1, 0.15) is 0 Å². The lowest BCUT2D eigenvalue weighted by Crippen LogP contribution is -1.91. The monoisotopic (exact) mass is 98.0 g/mol. The Labute approximate surface area is 41.3 Å². The molecule has 0 radical (unpaired) electrons. The van der Waals surface area contributed by atoms with Gasteiger partial charge in [0.2, 0.25) is 0 Å². The average molecular weight is 98.1 g/mol. The van der Waals surface area contributed by atoms with Gasteiger partial charge in [-0.25, -0.2) is 0 Å². The van der Waals surface area contributed by atoms with Crippen LogP contribution >= 0.6 is 0 Å². The van der Waals surface area contributed by atoms with Crippen molar-refractivity contribution in [3.8, 4) is 0 Å². The smallest absolute Gasteiger partial charge is 0.167 e. The van der Waals surface area contributed by atoms with Gasteiger partial charge < -0.3 is 5.73 Å². The summed E-state index contributed by atoms with van der Waals surface area (Å²) < 4.78 is 0. The third-order valence-corrected chi connectivity index (χ3v) is 0.403. The Morgan fingerprint density at radius 2 is 2.29 bits per heavy atom. The fourth-order valence-electron chi connectivity index (χ4n) is 0.143. The summed E-state index contributed by atoms with van der Waals surface area (Å²) in [5.41, 5.74) is 4.72. The highest BCUT2D eigenvalue weighted by atomic mass is 16.1. The third kappa shape index (κ3) is 2.69. The van der Waals surface area contributed by atoms with Crippen LogP contribution in [0.15, 0.2) is 12.3 Å². The molecule has 0 amide bonds. The molecule has 0 aromatic rings. The van der Waals surface area contributed by atoms with E-state index in [4.69, 9.17) is 11.1 Å². The van der Waals surface area contributed by atoms with Crippen molar-refractivity contribution in [1.82, 2.24) is 0 Å². The number of carbonyl (C=O) groups is 1. The minimum Gasteiger partial charge on any atom is -0.405 e. The molecule has 3 nitrogen and oxygen atoms in total. The summed E-state index contributed by atoms with van der Waals surface area (Å²) in [5.74, 6) is 0. The van der Waals surface area contributed by atoms with Crippen molar-refractivity contribution >= 4 is 12.0 Å². The highest BCUT2D eigenvalue weighted by molar-refractivity contribution is 6.32. The Kier molecular flexibility index (Phi) is 2.59. The van der Waals surface area contributed by atoms with Crippen molar-refractivity contribution in [3.63, 3.8) is 0 Å². The van der Waals surface area contributed by atoms with E-state index in [-0.39, 0.29) is 5.71 Å². The summed E-state index contributed by atoms with van der Waals surface area (Å²) in [4.78, 5) is 9.56. The number of hydrogen-bond acceptors (Lipinski definition) is 3. The molecule has 38 valence electrons. The summed E-state index contributed by atoms with van der Waals surface area (Å²) in [5, 5.41) is 6.60. The molecule has 0 saturated carbocycles. The zero-order valence-electron chi connectivity index (χ0n) is 3.72. The van der Waals surface area contributed by atoms with Crippen LogP contribution in [0.5, 0.6) is 0 Å². The number of carbonyl (C=O) groups excluding carboxylic acids is 1. The van der Waals surface area contributed by atoms with Gasteiger partial charge in [0.05, 0.1) is 5.71 Å². The maximum absolute atomic E-state index is 9.56. The van der Waals surface area contributed by atoms with Crippen molar-refractivity contribution in [3.05, 3.63) is 12.3 Å². The van der Waals surface area contributed by atoms with E-state index in [1.165, 1.54) is 6.08 Å². The maximum Gasteiger partial charge on any atom is 0.167 e. The van der Waals surface area contributed by atoms with Gasteiger partial charge in [-0.3, -0.25) is 10.2 Å². The van der Waals surface area contributed by atoms with Crippen LogP contribution in [0.2, 0.25) is 0 Å². The lowest BCUT2D eigenvalue weighted by Gasteiger charge is -1.73. The summed E-state index contributed by atoms with van der Waals surface area (Å²) in [6, 6.07) is 0. The normalized spacial score (nSPS) is 9.14. The first kappa shape index (κ1) is 5.88. The quantitative estimate of drug-likeness (QED) is 0.367. The van der Waals surface area contributed by atoms with E-state index in [0.29, 0.717) is 6.29 Å². The summed E-state index contributed by atoms with van der Waals surface area (Å²) in [6.45, 7) is 0. The van der Waals surface area contributed by atoms with E-state index in [0.717, 1.165) is 6.20 Å². The third-order valence-electron chi connectivity index (χ3n) is 0.403. The number of hydrogen-bond donors (Lipinski definition) is 2. The van der Waals surface area contributed by atoms with Gasteiger partial charge >= 0.3 is 0 Å². The molecule has 0 aliphatic rings. The highest BCUT2D eigenvalue weighted by Gasteiger charge is 1.78. The molecule has 0 aromatic heterocycles. The first-order valence-electron chi connectivity index (χ1n) is 1.73. The molecule has 0 spiro atoms. The van der Waals surface area contributed by atoms with E-state index >= 15 is 0 Å². The zero-order chi connectivity index (χ0) is 5.70. The van der Waals surface area contributed by atoms with Crippen LogP contribution in [-0.2, 0) is 4.79 Å². The molecule has 0 bridgehead atoms. The van der Waals surface area contributed by atoms with E-state index in [1.54, 1.807) is 0 Å². The first-order valence-corrected chi connectivity index (χ1v) is 1.73. The number of rotatable bonds is 2. The molecule has 3 heteroatoms. The molecule has 0 aliphatic carbocycles. The van der Waals surface area contributed by atoms with Gasteiger partial charge in [-0.2, -0.15) is 0 Å². The molecule has 0 rings (SSSR count). The van der Waals surface area contributed by atoms with Crippen LogP contribution in [0.4, 0.5) is 0 Å². The van der Waals surface area contributed by atoms with Crippen LogP contribution in [-0.4, -0.2) is 12.0 Å². The minimum atomic E-state index is -0.109. The Hall–Kier alpha value is -1.12. The molecular formula is C4H6N2O. The van der Waals surface area contributed by atoms with Gasteiger partial charge in [-0.05, 0) is 12.3 Å². The van der Waals surface area contributed by atoms with Crippen LogP contribution in [0.3, 0.4) is 0 Å². The fourth-order valence-corrected chi connectivity index (χ4v) is 0.143. The number of nitrogens with two attached hydrogens (primary N) is 1. The molecule has 0 unspecified atom stereocenters. The summed E-state index contributed by atoms with van der Waals surface area (Å²) >= 11 is 0. The molecule has 0 fully saturated rings. The summed E-state index contributed by atoms with van der Waals surface area (Å²) in [6.07, 6.45) is 2.78. The van der Waals surface area contributed by atoms with Gasteiger partial charge in [0, 0.05) is 0 Å². The van der Waals surface area contributed by atoms with Crippen molar-refractivity contribution in [1.29, 1.82) is 5.41 Å². The van der Waals surface area contributed by atoms with Gasteiger partial charge in [0.15, 0.2) is 6.29 Å². The van der Waals surface area contributed by atoms with Crippen molar-refractivity contribution in [2.45, 2.75) is 0 Å². The second kappa shape index (κ2) is 3.08. The molecular weight excluding hydrogens is 92.1 g/mol. The van der Waals surface area contributed by atoms with Crippen molar-refractivity contribution in [2.24, 2.45) is 5.73 Å². The Balaban J connectivity index is 3.58. The molecule has 0 heterocycles. The number of nitrogens with one attached hydrogen (secondary N) is 1. The molecule has 7 heavy (non-hydrogen) atoms. The highest BCUT2D eigenvalue weighted by Crippen LogP contribution is 1.64. The summed E-state index contributed by atoms with van der Waals surface area (Å²) in [7, 11) is 0. The van der Waals surface area contributed by atoms with E-state index in [1.807, 2.05) is 0 Å². The number of aldehydes is 1. The molecule has 0 aromatic carbocycles. The lowest BCUT2D eigenvalue weighted by atomic mass is 10.4. The van der Waals surface area contributed by atoms with E-state index in [9.17, 15) is 4.79 Å². The Morgan fingerprint density at radius 1 is 1.71 bits per heavy atom. The predicted molar refractivity (Wildman–Crippen MR) is 27.1 cm³/mol. The molecule has 0 atom stereocenters. The zero-order valence-corrected chi connectivity index (χ0v) is 3.72. The standard InChI is InChI=1S/C4H6N2O/c5-2-1-4(6)3-7/h1-3,6H,5H2. The average Bonchev–Trinajstić information content (AvgIpc) is 1.68. The van der Waals surface area contributed by atoms with Crippen LogP contribution in [0, 0.1) is 5.41 Å². The molecule has 3 N–H and O–H groups in total. The minimum absolute atomic E-state index is 0.109. The SMILES string of the molecule is N=C(C=O)C=CN. The van der Waals surface area contributed by atoms with Gasteiger partial charge in [-0.1, -0.05) is 0 Å². The maximum atomic E-state index is 9.56. The van der Waals surface area contributed by atoms with Crippen LogP contribution in [0.1, 0.15) is 0 Å². The fraction of sp³-hybridized carbons (Fsp3) is 0. The number of allylic oxidation sites excluding steroid dienone is 1. The Morgan fingerprint density at radius 3 is 2.43 bits per heavy atom. The lowest BCUT2D eigenvalue weighted by molar-refractivity contribution is -0.102. The van der Waals surface area contributed by atoms with Crippen molar-refractivity contribution in [2.75, 3.05) is 0 Å². The van der Waals surface area contributed by atoms with Gasteiger partial charge in [0.25, 0.3) is 0 Å². The predicted octanol–water partition coefficient (Wildman–Crippen LogP) is -0.323. The Bertz CT molecular complexity index is 106. The topological polar surface area (TPSA) is 66.9 Å². The second-order valence-corrected chi connectivity index (χ2v) is 0.932. The van der Waals surface area contributed by atoms with Crippen LogP contribution in [0.25, 0.3) is 0 Å². The van der Waals surface area contributed by atoms with E-state index in [2.05, 4.69) is 0 Å². The van der Waals surface area contributed by atoms with Crippen molar-refractivity contribution < 1.29 is 4.79 Å². The van der Waals surface area contributed by atoms with Gasteiger partial charge in [-0.15, -0.1) is 0 Å². The molecule has 0 aliphatic heterocycles. The van der Waals surface area contributed by atoms with E-state index < -0.39 is 0 Å². The molecule has 0 saturated heterocycles. The largest absolute Gasteiger partial charge is 0.405 e. The first-order chi connectivity index (χ1) is 3.31. The van der Waals surface area contributed by atoms with Crippen LogP contribution < -0.4 is 5.73 Å². The second-order valence-electron chi connectivity index (χ2n) is 0.932.